The Morgan fingerprint density at radius 2 is 2.19 bits per heavy atom. The molecule has 0 aliphatic rings. The summed E-state index contributed by atoms with van der Waals surface area (Å²) in [5.74, 6) is 1.01. The molecule has 82 valence electrons. The van der Waals surface area contributed by atoms with Gasteiger partial charge in [0.25, 0.3) is 0 Å². The third-order valence-electron chi connectivity index (χ3n) is 1.81. The van der Waals surface area contributed by atoms with Gasteiger partial charge in [-0.3, -0.25) is 0 Å². The van der Waals surface area contributed by atoms with Crippen LogP contribution in [0.15, 0.2) is 30.7 Å². The first-order chi connectivity index (χ1) is 7.66. The molecule has 0 saturated heterocycles. The molecule has 0 atom stereocenters. The van der Waals surface area contributed by atoms with Crippen molar-refractivity contribution in [3.8, 4) is 11.6 Å². The van der Waals surface area contributed by atoms with Gasteiger partial charge in [0.05, 0.1) is 9.26 Å². The highest BCUT2D eigenvalue weighted by atomic mass is 127. The zero-order valence-electron chi connectivity index (χ0n) is 8.02. The normalized spacial score (nSPS) is 10.1. The van der Waals surface area contributed by atoms with E-state index in [1.54, 1.807) is 24.4 Å². The summed E-state index contributed by atoms with van der Waals surface area (Å²) in [6.45, 7) is 0. The van der Waals surface area contributed by atoms with E-state index in [-0.39, 0.29) is 0 Å². The average molecular weight is 348 g/mol. The third-order valence-corrected chi connectivity index (χ3v) is 2.79. The highest BCUT2D eigenvalue weighted by Gasteiger charge is 2.06. The molecule has 6 heteroatoms. The fourth-order valence-corrected chi connectivity index (χ4v) is 1.68. The number of nitrogens with zero attached hydrogens (tertiary/aromatic N) is 2. The summed E-state index contributed by atoms with van der Waals surface area (Å²) in [5.41, 5.74) is 6.24. The van der Waals surface area contributed by atoms with E-state index in [9.17, 15) is 0 Å². The maximum Gasteiger partial charge on any atom is 0.235 e. The maximum atomic E-state index is 5.79. The van der Waals surface area contributed by atoms with E-state index in [2.05, 4.69) is 32.6 Å². The van der Waals surface area contributed by atoms with Crippen LogP contribution in [0, 0.1) is 3.57 Å². The molecule has 0 amide bonds. The standard InChI is InChI=1S/C10H7ClIN3O/c11-6-1-2-9(8(13)3-6)16-10-7(12)4-14-5-15-10/h1-5H,13H2. The van der Waals surface area contributed by atoms with Crippen molar-refractivity contribution in [3.63, 3.8) is 0 Å². The number of nitrogens with two attached hydrogens (primary N) is 1. The van der Waals surface area contributed by atoms with Crippen LogP contribution in [-0.2, 0) is 0 Å². The van der Waals surface area contributed by atoms with Crippen LogP contribution < -0.4 is 10.5 Å². The third kappa shape index (κ3) is 2.53. The fraction of sp³-hybridized carbons (Fsp3) is 0. The molecule has 0 radical (unpaired) electrons. The van der Waals surface area contributed by atoms with Crippen molar-refractivity contribution in [2.75, 3.05) is 5.73 Å². The van der Waals surface area contributed by atoms with Crippen LogP contribution in [0.2, 0.25) is 5.02 Å². The number of rotatable bonds is 2. The number of benzene rings is 1. The summed E-state index contributed by atoms with van der Waals surface area (Å²) in [6, 6.07) is 5.04. The second kappa shape index (κ2) is 4.84. The number of aromatic nitrogens is 2. The molecular formula is C10H7ClIN3O. The van der Waals surface area contributed by atoms with E-state index in [4.69, 9.17) is 22.1 Å². The smallest absolute Gasteiger partial charge is 0.235 e. The molecule has 0 spiro atoms. The summed E-state index contributed by atoms with van der Waals surface area (Å²) in [5, 5.41) is 0.572. The fourth-order valence-electron chi connectivity index (χ4n) is 1.09. The highest BCUT2D eigenvalue weighted by Crippen LogP contribution is 2.30. The average Bonchev–Trinajstić information content (AvgIpc) is 2.25. The SMILES string of the molecule is Nc1cc(Cl)ccc1Oc1ncncc1I. The van der Waals surface area contributed by atoms with Crippen LogP contribution in [0.1, 0.15) is 0 Å². The van der Waals surface area contributed by atoms with Gasteiger partial charge in [-0.15, -0.1) is 0 Å². The van der Waals surface area contributed by atoms with Gasteiger partial charge in [-0.05, 0) is 40.8 Å². The van der Waals surface area contributed by atoms with Gasteiger partial charge >= 0.3 is 0 Å². The molecule has 0 bridgehead atoms. The van der Waals surface area contributed by atoms with Crippen LogP contribution in [0.4, 0.5) is 5.69 Å². The summed E-state index contributed by atoms with van der Waals surface area (Å²) in [7, 11) is 0. The van der Waals surface area contributed by atoms with Crippen molar-refractivity contribution in [1.82, 2.24) is 9.97 Å². The monoisotopic (exact) mass is 347 g/mol. The van der Waals surface area contributed by atoms with E-state index in [1.807, 2.05) is 0 Å². The van der Waals surface area contributed by atoms with Crippen LogP contribution in [0.3, 0.4) is 0 Å². The zero-order chi connectivity index (χ0) is 11.5. The first-order valence-corrected chi connectivity index (χ1v) is 5.81. The number of hydrogen-bond donors (Lipinski definition) is 1. The lowest BCUT2D eigenvalue weighted by molar-refractivity contribution is 0.460. The van der Waals surface area contributed by atoms with Gasteiger partial charge in [-0.25, -0.2) is 9.97 Å². The van der Waals surface area contributed by atoms with Crippen molar-refractivity contribution in [2.24, 2.45) is 0 Å². The number of anilines is 1. The van der Waals surface area contributed by atoms with E-state index in [1.165, 1.54) is 6.33 Å². The van der Waals surface area contributed by atoms with Crippen LogP contribution in [0.5, 0.6) is 11.6 Å². The predicted octanol–water partition coefficient (Wildman–Crippen LogP) is 3.11. The van der Waals surface area contributed by atoms with Crippen molar-refractivity contribution >= 4 is 39.9 Å². The Hall–Kier alpha value is -1.08. The van der Waals surface area contributed by atoms with E-state index in [0.717, 1.165) is 3.57 Å². The minimum Gasteiger partial charge on any atom is -0.436 e. The Kier molecular flexibility index (Phi) is 3.45. The molecule has 4 nitrogen and oxygen atoms in total. The van der Waals surface area contributed by atoms with Gasteiger partial charge in [0, 0.05) is 11.2 Å². The molecule has 2 aromatic rings. The van der Waals surface area contributed by atoms with Crippen molar-refractivity contribution < 1.29 is 4.74 Å². The Morgan fingerprint density at radius 3 is 2.88 bits per heavy atom. The second-order valence-corrected chi connectivity index (χ2v) is 4.56. The first-order valence-electron chi connectivity index (χ1n) is 4.35. The van der Waals surface area contributed by atoms with Gasteiger partial charge < -0.3 is 10.5 Å². The first kappa shape index (κ1) is 11.4. The Balaban J connectivity index is 2.31. The minimum atomic E-state index is 0.474. The molecule has 2 N–H and O–H groups in total. The summed E-state index contributed by atoms with van der Waals surface area (Å²) >= 11 is 7.88. The number of nitrogen functional groups attached to an aromatic ring is 1. The van der Waals surface area contributed by atoms with E-state index >= 15 is 0 Å². The van der Waals surface area contributed by atoms with Gasteiger partial charge in [0.1, 0.15) is 6.33 Å². The molecular weight excluding hydrogens is 340 g/mol. The minimum absolute atomic E-state index is 0.474. The molecule has 2 rings (SSSR count). The quantitative estimate of drug-likeness (QED) is 0.670. The lowest BCUT2D eigenvalue weighted by atomic mass is 10.3. The molecule has 16 heavy (non-hydrogen) atoms. The topological polar surface area (TPSA) is 61.0 Å². The summed E-state index contributed by atoms with van der Waals surface area (Å²) < 4.78 is 6.37. The van der Waals surface area contributed by atoms with Crippen molar-refractivity contribution in [1.29, 1.82) is 0 Å². The lowest BCUT2D eigenvalue weighted by Crippen LogP contribution is -1.95. The molecule has 0 unspecified atom stereocenters. The Morgan fingerprint density at radius 1 is 1.38 bits per heavy atom. The van der Waals surface area contributed by atoms with Crippen LogP contribution >= 0.6 is 34.2 Å². The maximum absolute atomic E-state index is 5.79. The van der Waals surface area contributed by atoms with Gasteiger partial charge in [-0.1, -0.05) is 11.6 Å². The Labute approximate surface area is 111 Å². The lowest BCUT2D eigenvalue weighted by Gasteiger charge is -2.08. The number of halogens is 2. The molecule has 0 aliphatic carbocycles. The number of ether oxygens (including phenoxy) is 1. The molecule has 0 fully saturated rings. The highest BCUT2D eigenvalue weighted by molar-refractivity contribution is 14.1. The molecule has 0 aliphatic heterocycles. The molecule has 1 heterocycles. The van der Waals surface area contributed by atoms with Gasteiger partial charge in [0.15, 0.2) is 5.75 Å². The van der Waals surface area contributed by atoms with Crippen LogP contribution in [0.25, 0.3) is 0 Å². The predicted molar refractivity (Wildman–Crippen MR) is 70.7 cm³/mol. The van der Waals surface area contributed by atoms with Crippen LogP contribution in [-0.4, -0.2) is 9.97 Å². The number of hydrogen-bond acceptors (Lipinski definition) is 4. The van der Waals surface area contributed by atoms with E-state index < -0.39 is 0 Å². The second-order valence-electron chi connectivity index (χ2n) is 2.96. The largest absolute Gasteiger partial charge is 0.436 e. The summed E-state index contributed by atoms with van der Waals surface area (Å²) in [4.78, 5) is 7.88. The zero-order valence-corrected chi connectivity index (χ0v) is 10.9. The molecule has 1 aromatic heterocycles. The van der Waals surface area contributed by atoms with E-state index in [0.29, 0.717) is 22.3 Å². The van der Waals surface area contributed by atoms with Gasteiger partial charge in [0.2, 0.25) is 5.88 Å². The Bertz CT molecular complexity index is 521. The van der Waals surface area contributed by atoms with Crippen molar-refractivity contribution in [3.05, 3.63) is 39.3 Å². The molecule has 0 saturated carbocycles. The molecule has 1 aromatic carbocycles. The summed E-state index contributed by atoms with van der Waals surface area (Å²) in [6.07, 6.45) is 3.08. The van der Waals surface area contributed by atoms with Crippen molar-refractivity contribution in [2.45, 2.75) is 0 Å². The van der Waals surface area contributed by atoms with Gasteiger partial charge in [-0.2, -0.15) is 0 Å².